The van der Waals surface area contributed by atoms with E-state index in [-0.39, 0.29) is 12.5 Å². The van der Waals surface area contributed by atoms with Gasteiger partial charge in [0.2, 0.25) is 5.91 Å². The Balaban J connectivity index is 3.45. The van der Waals surface area contributed by atoms with E-state index in [1.807, 2.05) is 6.08 Å². The number of aliphatic hydroxyl groups excluding tert-OH is 2. The van der Waals surface area contributed by atoms with E-state index in [0.29, 0.717) is 6.42 Å². The van der Waals surface area contributed by atoms with Crippen LogP contribution in [0.4, 0.5) is 0 Å². The molecular formula is C59H105NO3. The predicted molar refractivity (Wildman–Crippen MR) is 280 cm³/mol. The first-order valence-corrected chi connectivity index (χ1v) is 27.3. The topological polar surface area (TPSA) is 69.6 Å². The summed E-state index contributed by atoms with van der Waals surface area (Å²) in [6, 6.07) is -0.646. The Morgan fingerprint density at radius 1 is 0.397 bits per heavy atom. The van der Waals surface area contributed by atoms with Crippen LogP contribution in [-0.4, -0.2) is 34.9 Å². The summed E-state index contributed by atoms with van der Waals surface area (Å²) in [7, 11) is 0. The number of hydrogen-bond donors (Lipinski definition) is 3. The number of carbonyl (C=O) groups excluding carboxylic acids is 1. The highest BCUT2D eigenvalue weighted by molar-refractivity contribution is 5.76. The van der Waals surface area contributed by atoms with E-state index in [1.54, 1.807) is 6.08 Å². The van der Waals surface area contributed by atoms with Crippen LogP contribution < -0.4 is 5.32 Å². The van der Waals surface area contributed by atoms with Crippen LogP contribution in [0.2, 0.25) is 0 Å². The van der Waals surface area contributed by atoms with Gasteiger partial charge < -0.3 is 15.5 Å². The number of amides is 1. The van der Waals surface area contributed by atoms with Crippen molar-refractivity contribution in [2.75, 3.05) is 6.61 Å². The van der Waals surface area contributed by atoms with Crippen LogP contribution in [0.25, 0.3) is 0 Å². The molecule has 0 saturated carbocycles. The van der Waals surface area contributed by atoms with Gasteiger partial charge in [-0.25, -0.2) is 0 Å². The van der Waals surface area contributed by atoms with E-state index in [4.69, 9.17) is 0 Å². The van der Waals surface area contributed by atoms with E-state index < -0.39 is 12.1 Å². The van der Waals surface area contributed by atoms with Gasteiger partial charge in [-0.1, -0.05) is 259 Å². The second kappa shape index (κ2) is 53.9. The van der Waals surface area contributed by atoms with Gasteiger partial charge >= 0.3 is 0 Å². The van der Waals surface area contributed by atoms with Crippen molar-refractivity contribution in [3.8, 4) is 0 Å². The third kappa shape index (κ3) is 50.4. The molecule has 3 N–H and O–H groups in total. The first-order chi connectivity index (χ1) is 31.2. The van der Waals surface area contributed by atoms with Gasteiger partial charge in [0.05, 0.1) is 18.8 Å². The van der Waals surface area contributed by atoms with Crippen molar-refractivity contribution in [1.29, 1.82) is 0 Å². The van der Waals surface area contributed by atoms with Crippen LogP contribution in [0.5, 0.6) is 0 Å². The second-order valence-corrected chi connectivity index (χ2v) is 18.2. The molecule has 0 spiro atoms. The molecule has 0 aromatic rings. The number of carbonyl (C=O) groups is 1. The Hall–Kier alpha value is -2.43. The zero-order valence-electron chi connectivity index (χ0n) is 41.8. The van der Waals surface area contributed by atoms with E-state index in [0.717, 1.165) is 64.2 Å². The summed E-state index contributed by atoms with van der Waals surface area (Å²) in [5, 5.41) is 23.0. The van der Waals surface area contributed by atoms with Gasteiger partial charge in [-0.05, 0) is 83.5 Å². The Labute approximate surface area is 392 Å². The molecule has 2 atom stereocenters. The van der Waals surface area contributed by atoms with Crippen molar-refractivity contribution in [2.45, 2.75) is 276 Å². The lowest BCUT2D eigenvalue weighted by molar-refractivity contribution is -0.123. The van der Waals surface area contributed by atoms with Crippen LogP contribution >= 0.6 is 0 Å². The summed E-state index contributed by atoms with van der Waals surface area (Å²) >= 11 is 0. The van der Waals surface area contributed by atoms with Crippen LogP contribution in [-0.2, 0) is 4.79 Å². The average Bonchev–Trinajstić information content (AvgIpc) is 3.29. The molecule has 4 nitrogen and oxygen atoms in total. The highest BCUT2D eigenvalue weighted by Crippen LogP contribution is 2.16. The number of aliphatic hydroxyl groups is 2. The van der Waals surface area contributed by atoms with Gasteiger partial charge in [0.1, 0.15) is 0 Å². The monoisotopic (exact) mass is 876 g/mol. The average molecular weight is 876 g/mol. The highest BCUT2D eigenvalue weighted by Gasteiger charge is 2.17. The standard InChI is InChI=1S/C59H105NO3/c1-3-5-7-9-11-13-15-17-19-20-21-22-23-24-25-26-27-28-29-30-31-32-33-34-35-36-37-38-39-40-41-43-45-47-49-51-53-55-59(63)60-57(56-61)58(62)54-52-50-48-46-44-42-18-16-14-12-10-8-6-4-2/h5,7,11,13-14,16-17,19,21-22,44,46,52,54,57-58,61-62H,3-4,6,8-10,12,15,18,20,23-43,45,47-51,53,55-56H2,1-2H3,(H,60,63)/b7-5-,13-11-,16-14+,19-17-,22-21-,46-44+,54-52+. The van der Waals surface area contributed by atoms with Crippen molar-refractivity contribution in [3.63, 3.8) is 0 Å². The summed E-state index contributed by atoms with van der Waals surface area (Å²) in [6.45, 7) is 4.16. The first-order valence-electron chi connectivity index (χ1n) is 27.3. The fourth-order valence-electron chi connectivity index (χ4n) is 7.97. The summed E-state index contributed by atoms with van der Waals surface area (Å²) < 4.78 is 0. The summed E-state index contributed by atoms with van der Waals surface area (Å²) in [5.41, 5.74) is 0. The maximum atomic E-state index is 12.4. The van der Waals surface area contributed by atoms with Gasteiger partial charge in [-0.15, -0.1) is 0 Å². The van der Waals surface area contributed by atoms with E-state index in [9.17, 15) is 15.0 Å². The summed E-state index contributed by atoms with van der Waals surface area (Å²) in [6.07, 6.45) is 78.9. The number of rotatable bonds is 49. The zero-order valence-corrected chi connectivity index (χ0v) is 41.8. The molecule has 0 aromatic carbocycles. The third-order valence-electron chi connectivity index (χ3n) is 12.1. The Morgan fingerprint density at radius 3 is 1.11 bits per heavy atom. The van der Waals surface area contributed by atoms with Gasteiger partial charge in [-0.3, -0.25) is 4.79 Å². The molecule has 0 aliphatic carbocycles. The van der Waals surface area contributed by atoms with Crippen molar-refractivity contribution in [3.05, 3.63) is 85.1 Å². The Bertz CT molecular complexity index is 1130. The molecule has 0 aliphatic heterocycles. The van der Waals surface area contributed by atoms with Gasteiger partial charge in [0.15, 0.2) is 0 Å². The molecule has 0 aliphatic rings. The van der Waals surface area contributed by atoms with Crippen molar-refractivity contribution in [1.82, 2.24) is 5.32 Å². The van der Waals surface area contributed by atoms with Crippen LogP contribution in [0.15, 0.2) is 85.1 Å². The minimum atomic E-state index is -0.871. The molecule has 2 unspecified atom stereocenters. The van der Waals surface area contributed by atoms with Crippen molar-refractivity contribution < 1.29 is 15.0 Å². The molecule has 0 bridgehead atoms. The molecule has 0 radical (unpaired) electrons. The Morgan fingerprint density at radius 2 is 0.714 bits per heavy atom. The largest absolute Gasteiger partial charge is 0.394 e. The third-order valence-corrected chi connectivity index (χ3v) is 12.1. The maximum absolute atomic E-state index is 12.4. The van der Waals surface area contributed by atoms with Gasteiger partial charge in [-0.2, -0.15) is 0 Å². The lowest BCUT2D eigenvalue weighted by Gasteiger charge is -2.19. The minimum Gasteiger partial charge on any atom is -0.394 e. The minimum absolute atomic E-state index is 0.0772. The molecule has 0 aromatic heterocycles. The van der Waals surface area contributed by atoms with Crippen LogP contribution in [0.1, 0.15) is 264 Å². The smallest absolute Gasteiger partial charge is 0.220 e. The summed E-state index contributed by atoms with van der Waals surface area (Å²) in [4.78, 5) is 12.4. The van der Waals surface area contributed by atoms with E-state index in [2.05, 4.69) is 92.1 Å². The molecule has 0 fully saturated rings. The van der Waals surface area contributed by atoms with Crippen LogP contribution in [0, 0.1) is 0 Å². The quantitative estimate of drug-likeness (QED) is 0.0421. The molecule has 63 heavy (non-hydrogen) atoms. The van der Waals surface area contributed by atoms with Crippen LogP contribution in [0.3, 0.4) is 0 Å². The number of hydrogen-bond acceptors (Lipinski definition) is 3. The molecule has 1 amide bonds. The van der Waals surface area contributed by atoms with Gasteiger partial charge in [0.25, 0.3) is 0 Å². The van der Waals surface area contributed by atoms with E-state index in [1.165, 1.54) is 180 Å². The molecular weight excluding hydrogens is 771 g/mol. The molecule has 0 saturated heterocycles. The Kier molecular flexibility index (Phi) is 51.8. The molecule has 4 heteroatoms. The van der Waals surface area contributed by atoms with Crippen molar-refractivity contribution >= 4 is 5.91 Å². The fourth-order valence-corrected chi connectivity index (χ4v) is 7.97. The lowest BCUT2D eigenvalue weighted by Crippen LogP contribution is -2.45. The molecule has 0 rings (SSSR count). The zero-order chi connectivity index (χ0) is 45.6. The van der Waals surface area contributed by atoms with E-state index >= 15 is 0 Å². The fraction of sp³-hybridized carbons (Fsp3) is 0.746. The molecule has 0 heterocycles. The lowest BCUT2D eigenvalue weighted by atomic mass is 10.0. The second-order valence-electron chi connectivity index (χ2n) is 18.2. The number of nitrogens with one attached hydrogen (secondary N) is 1. The maximum Gasteiger partial charge on any atom is 0.220 e. The SMILES string of the molecule is CC/C=C\C/C=C\C/C=C\C/C=C\CCCCCCCCCCCCCCCCCCCCCCCCCCC(=O)NC(CO)C(O)/C=C/CC/C=C/CC/C=C/CCCCCC. The van der Waals surface area contributed by atoms with Gasteiger partial charge in [0, 0.05) is 6.42 Å². The highest BCUT2D eigenvalue weighted by atomic mass is 16.3. The first kappa shape index (κ1) is 60.6. The number of allylic oxidation sites excluding steroid dienone is 13. The molecule has 364 valence electrons. The van der Waals surface area contributed by atoms with Crippen molar-refractivity contribution in [2.24, 2.45) is 0 Å². The normalized spacial score (nSPS) is 13.5. The predicted octanol–water partition coefficient (Wildman–Crippen LogP) is 18.0. The number of unbranched alkanes of at least 4 members (excludes halogenated alkanes) is 30. The summed E-state index contributed by atoms with van der Waals surface area (Å²) in [5.74, 6) is -0.0772.